The number of methoxy groups -OCH3 is 1. The molecule has 0 saturated carbocycles. The fourth-order valence-corrected chi connectivity index (χ4v) is 2.73. The second-order valence-electron chi connectivity index (χ2n) is 5.42. The first kappa shape index (κ1) is 18.8. The normalized spacial score (nSPS) is 11.7. The Kier molecular flexibility index (Phi) is 7.15. The van der Waals surface area contributed by atoms with Crippen LogP contribution in [0.15, 0.2) is 46.8 Å². The van der Waals surface area contributed by atoms with E-state index in [4.69, 9.17) is 10.5 Å². The number of guanidine groups is 1. The zero-order chi connectivity index (χ0) is 15.3. The van der Waals surface area contributed by atoms with Crippen molar-refractivity contribution in [3.63, 3.8) is 0 Å². The Balaban J connectivity index is 0.00000242. The minimum atomic E-state index is -0.0135. The molecule has 2 rings (SSSR count). The molecule has 0 bridgehead atoms. The van der Waals surface area contributed by atoms with E-state index in [9.17, 15) is 0 Å². The highest BCUT2D eigenvalue weighted by Crippen LogP contribution is 2.27. The molecule has 0 saturated heterocycles. The Hall–Kier alpha value is -1.28. The fourth-order valence-electron chi connectivity index (χ4n) is 1.89. The summed E-state index contributed by atoms with van der Waals surface area (Å²) in [5, 5.41) is 5.17. The van der Waals surface area contributed by atoms with Crippen LogP contribution in [-0.4, -0.2) is 19.6 Å². The van der Waals surface area contributed by atoms with Crippen molar-refractivity contribution in [1.29, 1.82) is 0 Å². The fraction of sp³-hybridized carbons (Fsp3) is 0.312. The molecule has 4 nitrogen and oxygen atoms in total. The molecule has 0 atom stereocenters. The molecule has 0 unspecified atom stereocenters. The zero-order valence-electron chi connectivity index (χ0n) is 13.0. The number of rotatable bonds is 5. The van der Waals surface area contributed by atoms with Gasteiger partial charge >= 0.3 is 0 Å². The number of ether oxygens (including phenoxy) is 1. The van der Waals surface area contributed by atoms with E-state index in [1.807, 2.05) is 24.3 Å². The van der Waals surface area contributed by atoms with Crippen molar-refractivity contribution in [1.82, 2.24) is 0 Å². The van der Waals surface area contributed by atoms with Gasteiger partial charge in [0, 0.05) is 16.0 Å². The smallest absolute Gasteiger partial charge is 0.193 e. The van der Waals surface area contributed by atoms with Crippen LogP contribution in [0.25, 0.3) is 0 Å². The first-order valence-electron chi connectivity index (χ1n) is 6.76. The van der Waals surface area contributed by atoms with Gasteiger partial charge in [0.2, 0.25) is 0 Å². The van der Waals surface area contributed by atoms with Crippen molar-refractivity contribution in [3.8, 4) is 5.75 Å². The summed E-state index contributed by atoms with van der Waals surface area (Å²) in [5.74, 6) is 1.24. The van der Waals surface area contributed by atoms with Crippen LogP contribution >= 0.6 is 35.3 Å². The van der Waals surface area contributed by atoms with Gasteiger partial charge in [0.15, 0.2) is 5.96 Å². The van der Waals surface area contributed by atoms with Gasteiger partial charge in [-0.05, 0) is 35.7 Å². The van der Waals surface area contributed by atoms with Crippen LogP contribution in [0.4, 0.5) is 5.69 Å². The minimum Gasteiger partial charge on any atom is -0.497 e. The van der Waals surface area contributed by atoms with Crippen LogP contribution in [0.3, 0.4) is 0 Å². The quantitative estimate of drug-likeness (QED) is 0.426. The average Bonchev–Trinajstić information content (AvgIpc) is 3.01. The molecule has 1 aromatic heterocycles. The number of hydrogen-bond acceptors (Lipinski definition) is 3. The van der Waals surface area contributed by atoms with Gasteiger partial charge in [0.1, 0.15) is 5.75 Å². The standard InChI is InChI=1S/C16H21N3OS.HI/c1-16(2,14-5-4-10-21-14)11-18-15(17)19-12-6-8-13(20-3)9-7-12;/h4-10H,11H2,1-3H3,(H3,17,18,19);1H. The van der Waals surface area contributed by atoms with E-state index in [1.165, 1.54) is 4.88 Å². The molecule has 0 spiro atoms. The van der Waals surface area contributed by atoms with E-state index in [0.717, 1.165) is 11.4 Å². The van der Waals surface area contributed by atoms with Crippen molar-refractivity contribution in [3.05, 3.63) is 46.7 Å². The van der Waals surface area contributed by atoms with Crippen LogP contribution in [0.2, 0.25) is 0 Å². The molecular formula is C16H22IN3OS. The van der Waals surface area contributed by atoms with Gasteiger partial charge in [0.05, 0.1) is 13.7 Å². The number of thiophene rings is 1. The van der Waals surface area contributed by atoms with Gasteiger partial charge in [0.25, 0.3) is 0 Å². The third-order valence-corrected chi connectivity index (χ3v) is 4.43. The molecule has 2 aromatic rings. The lowest BCUT2D eigenvalue weighted by molar-refractivity contribution is 0.415. The number of hydrogen-bond donors (Lipinski definition) is 2. The summed E-state index contributed by atoms with van der Waals surface area (Å²) in [6, 6.07) is 11.8. The van der Waals surface area contributed by atoms with Gasteiger partial charge in [-0.2, -0.15) is 0 Å². The third kappa shape index (κ3) is 5.17. The van der Waals surface area contributed by atoms with Gasteiger partial charge in [-0.15, -0.1) is 35.3 Å². The number of nitrogens with zero attached hydrogens (tertiary/aromatic N) is 1. The summed E-state index contributed by atoms with van der Waals surface area (Å²) in [4.78, 5) is 5.76. The van der Waals surface area contributed by atoms with Gasteiger partial charge < -0.3 is 15.8 Å². The number of nitrogens with two attached hydrogens (primary N) is 1. The van der Waals surface area contributed by atoms with Crippen LogP contribution in [-0.2, 0) is 5.41 Å². The summed E-state index contributed by atoms with van der Waals surface area (Å²) in [6.07, 6.45) is 0. The Morgan fingerprint density at radius 2 is 1.95 bits per heavy atom. The maximum atomic E-state index is 5.95. The summed E-state index contributed by atoms with van der Waals surface area (Å²) >= 11 is 1.75. The molecule has 0 fully saturated rings. The summed E-state index contributed by atoms with van der Waals surface area (Å²) in [7, 11) is 1.64. The number of halogens is 1. The maximum absolute atomic E-state index is 5.95. The molecule has 1 heterocycles. The van der Waals surface area contributed by atoms with E-state index in [2.05, 4.69) is 41.7 Å². The van der Waals surface area contributed by atoms with Gasteiger partial charge in [-0.25, -0.2) is 0 Å². The van der Waals surface area contributed by atoms with Crippen LogP contribution in [0.1, 0.15) is 18.7 Å². The van der Waals surface area contributed by atoms with Crippen molar-refractivity contribution in [2.75, 3.05) is 19.0 Å². The highest BCUT2D eigenvalue weighted by atomic mass is 127. The average molecular weight is 431 g/mol. The van der Waals surface area contributed by atoms with E-state index in [0.29, 0.717) is 12.5 Å². The lowest BCUT2D eigenvalue weighted by atomic mass is 9.92. The molecular weight excluding hydrogens is 409 g/mol. The first-order valence-corrected chi connectivity index (χ1v) is 7.64. The molecule has 0 aliphatic carbocycles. The van der Waals surface area contributed by atoms with Crippen LogP contribution < -0.4 is 15.8 Å². The van der Waals surface area contributed by atoms with Crippen LogP contribution in [0, 0.1) is 0 Å². The molecule has 0 aliphatic heterocycles. The maximum Gasteiger partial charge on any atom is 0.193 e. The molecule has 22 heavy (non-hydrogen) atoms. The van der Waals surface area contributed by atoms with E-state index >= 15 is 0 Å². The monoisotopic (exact) mass is 431 g/mol. The van der Waals surface area contributed by atoms with Crippen molar-refractivity contribution >= 4 is 47.0 Å². The molecule has 0 radical (unpaired) electrons. The Labute approximate surface area is 152 Å². The molecule has 120 valence electrons. The molecule has 6 heteroatoms. The Morgan fingerprint density at radius 3 is 2.50 bits per heavy atom. The predicted octanol–water partition coefficient (Wildman–Crippen LogP) is 4.08. The number of aliphatic imine (C=N–C) groups is 1. The lowest BCUT2D eigenvalue weighted by Crippen LogP contribution is -2.27. The second-order valence-corrected chi connectivity index (χ2v) is 6.36. The van der Waals surface area contributed by atoms with Crippen molar-refractivity contribution in [2.24, 2.45) is 10.7 Å². The highest BCUT2D eigenvalue weighted by molar-refractivity contribution is 14.0. The zero-order valence-corrected chi connectivity index (χ0v) is 16.1. The number of nitrogens with one attached hydrogen (secondary N) is 1. The first-order chi connectivity index (χ1) is 10.0. The second kappa shape index (κ2) is 8.38. The van der Waals surface area contributed by atoms with Gasteiger partial charge in [-0.3, -0.25) is 4.99 Å². The summed E-state index contributed by atoms with van der Waals surface area (Å²) in [6.45, 7) is 4.98. The van der Waals surface area contributed by atoms with E-state index in [1.54, 1.807) is 18.4 Å². The number of anilines is 1. The van der Waals surface area contributed by atoms with Crippen LogP contribution in [0.5, 0.6) is 5.75 Å². The van der Waals surface area contributed by atoms with E-state index in [-0.39, 0.29) is 29.4 Å². The summed E-state index contributed by atoms with van der Waals surface area (Å²) in [5.41, 5.74) is 6.83. The third-order valence-electron chi connectivity index (χ3n) is 3.20. The molecule has 1 aromatic carbocycles. The topological polar surface area (TPSA) is 59.6 Å². The molecule has 0 amide bonds. The predicted molar refractivity (Wildman–Crippen MR) is 106 cm³/mol. The Bertz CT molecular complexity index is 594. The lowest BCUT2D eigenvalue weighted by Gasteiger charge is -2.21. The SMILES string of the molecule is COc1ccc(NC(N)=NCC(C)(C)c2cccs2)cc1.I. The molecule has 0 aliphatic rings. The molecule has 3 N–H and O–H groups in total. The largest absolute Gasteiger partial charge is 0.497 e. The van der Waals surface area contributed by atoms with Crippen molar-refractivity contribution < 1.29 is 4.74 Å². The van der Waals surface area contributed by atoms with Gasteiger partial charge in [-0.1, -0.05) is 19.9 Å². The number of benzene rings is 1. The van der Waals surface area contributed by atoms with Crippen molar-refractivity contribution in [2.45, 2.75) is 19.3 Å². The summed E-state index contributed by atoms with van der Waals surface area (Å²) < 4.78 is 5.12. The Morgan fingerprint density at radius 1 is 1.27 bits per heavy atom. The minimum absolute atomic E-state index is 0. The highest BCUT2D eigenvalue weighted by Gasteiger charge is 2.21. The van der Waals surface area contributed by atoms with E-state index < -0.39 is 0 Å².